The highest BCUT2D eigenvalue weighted by atomic mass is 19.1. The quantitative estimate of drug-likeness (QED) is 0.479. The first-order chi connectivity index (χ1) is 16.1. The maximum absolute atomic E-state index is 13.9. The average molecular weight is 442 g/mol. The number of carbonyl (C=O) groups excluding carboxylic acids is 1. The van der Waals surface area contributed by atoms with E-state index in [1.54, 1.807) is 23.1 Å². The topological polar surface area (TPSA) is 68.8 Å². The van der Waals surface area contributed by atoms with Gasteiger partial charge in [0.1, 0.15) is 12.1 Å². The van der Waals surface area contributed by atoms with Crippen LogP contribution < -0.4 is 0 Å². The van der Waals surface area contributed by atoms with Gasteiger partial charge >= 0.3 is 0 Å². The summed E-state index contributed by atoms with van der Waals surface area (Å²) < 4.78 is 17.4. The highest BCUT2D eigenvalue weighted by Crippen LogP contribution is 2.44. The van der Waals surface area contributed by atoms with E-state index in [9.17, 15) is 9.18 Å². The maximum Gasteiger partial charge on any atom is 0.294 e. The van der Waals surface area contributed by atoms with E-state index in [4.69, 9.17) is 5.10 Å². The zero-order valence-corrected chi connectivity index (χ0v) is 18.2. The molecule has 6 rings (SSSR count). The Balaban J connectivity index is 1.37. The zero-order chi connectivity index (χ0) is 22.5. The van der Waals surface area contributed by atoms with E-state index in [2.05, 4.69) is 10.1 Å². The number of piperidine rings is 1. The standard InChI is InChI=1S/C25H23FN6O/c1-30-23(16-7-5-8-17(26)13-16)20-14-19-11-6-12-21(22(20)28-30)32(19)25(33)24-27-15-31(29-24)18-9-3-2-4-10-18/h2-5,7-10,13,15,19,21H,6,11-12,14H2,1H3/t19-,21+/m1/s1. The number of halogens is 1. The minimum Gasteiger partial charge on any atom is -0.324 e. The molecule has 1 saturated heterocycles. The van der Waals surface area contributed by atoms with Crippen LogP contribution in [0, 0.1) is 5.82 Å². The number of nitrogens with zero attached hydrogens (tertiary/aromatic N) is 6. The molecule has 2 aliphatic rings. The smallest absolute Gasteiger partial charge is 0.294 e. The lowest BCUT2D eigenvalue weighted by Gasteiger charge is -2.44. The van der Waals surface area contributed by atoms with Gasteiger partial charge in [-0.1, -0.05) is 30.3 Å². The lowest BCUT2D eigenvalue weighted by Crippen LogP contribution is -2.50. The van der Waals surface area contributed by atoms with E-state index >= 15 is 0 Å². The predicted octanol–water partition coefficient (Wildman–Crippen LogP) is 4.10. The van der Waals surface area contributed by atoms with E-state index in [1.165, 1.54) is 6.07 Å². The Labute approximate surface area is 190 Å². The highest BCUT2D eigenvalue weighted by molar-refractivity contribution is 5.91. The van der Waals surface area contributed by atoms with Crippen molar-refractivity contribution in [1.82, 2.24) is 29.4 Å². The molecule has 4 heterocycles. The van der Waals surface area contributed by atoms with Crippen LogP contribution in [0.15, 0.2) is 60.9 Å². The summed E-state index contributed by atoms with van der Waals surface area (Å²) in [5.41, 5.74) is 4.62. The fraction of sp³-hybridized carbons (Fsp3) is 0.280. The largest absolute Gasteiger partial charge is 0.324 e. The second-order valence-corrected chi connectivity index (χ2v) is 8.71. The van der Waals surface area contributed by atoms with Gasteiger partial charge in [-0.15, -0.1) is 5.10 Å². The number of fused-ring (bicyclic) bond motifs is 4. The minimum absolute atomic E-state index is 0.0453. The molecule has 2 atom stereocenters. The second kappa shape index (κ2) is 7.65. The molecule has 2 aliphatic heterocycles. The molecule has 1 fully saturated rings. The van der Waals surface area contributed by atoms with Crippen molar-refractivity contribution in [3.63, 3.8) is 0 Å². The number of amides is 1. The van der Waals surface area contributed by atoms with Crippen LogP contribution in [-0.4, -0.2) is 41.4 Å². The van der Waals surface area contributed by atoms with Crippen LogP contribution in [0.4, 0.5) is 4.39 Å². The third-order valence-corrected chi connectivity index (χ3v) is 6.71. The van der Waals surface area contributed by atoms with Gasteiger partial charge in [0.2, 0.25) is 5.82 Å². The maximum atomic E-state index is 13.9. The molecular formula is C25H23FN6O. The van der Waals surface area contributed by atoms with Crippen LogP contribution in [0.3, 0.4) is 0 Å². The molecule has 2 bridgehead atoms. The van der Waals surface area contributed by atoms with Crippen molar-refractivity contribution in [3.8, 4) is 16.9 Å². The summed E-state index contributed by atoms with van der Waals surface area (Å²) in [6.07, 6.45) is 5.07. The van der Waals surface area contributed by atoms with Gasteiger partial charge in [0.05, 0.1) is 23.1 Å². The molecule has 7 nitrogen and oxygen atoms in total. The van der Waals surface area contributed by atoms with Gasteiger partial charge in [-0.25, -0.2) is 14.1 Å². The molecule has 2 aromatic carbocycles. The molecule has 2 aromatic heterocycles. The number of carbonyl (C=O) groups is 1. The Kier molecular flexibility index (Phi) is 4.60. The van der Waals surface area contributed by atoms with E-state index in [0.29, 0.717) is 6.42 Å². The Hall–Kier alpha value is -3.81. The third kappa shape index (κ3) is 3.25. The van der Waals surface area contributed by atoms with E-state index in [0.717, 1.165) is 47.5 Å². The Morgan fingerprint density at radius 3 is 2.73 bits per heavy atom. The van der Waals surface area contributed by atoms with Crippen molar-refractivity contribution in [2.45, 2.75) is 37.8 Å². The van der Waals surface area contributed by atoms with E-state index in [1.807, 2.05) is 53.0 Å². The Morgan fingerprint density at radius 1 is 1.06 bits per heavy atom. The van der Waals surface area contributed by atoms with Crippen molar-refractivity contribution >= 4 is 5.91 Å². The fourth-order valence-corrected chi connectivity index (χ4v) is 5.33. The minimum atomic E-state index is -0.268. The highest BCUT2D eigenvalue weighted by Gasteiger charge is 2.44. The van der Waals surface area contributed by atoms with Crippen molar-refractivity contribution in [1.29, 1.82) is 0 Å². The van der Waals surface area contributed by atoms with Gasteiger partial charge in [0.15, 0.2) is 0 Å². The summed E-state index contributed by atoms with van der Waals surface area (Å²) in [5, 5.41) is 9.28. The first-order valence-corrected chi connectivity index (χ1v) is 11.2. The normalized spacial score (nSPS) is 19.4. The van der Waals surface area contributed by atoms with Crippen molar-refractivity contribution in [2.24, 2.45) is 7.05 Å². The third-order valence-electron chi connectivity index (χ3n) is 6.71. The number of benzene rings is 2. The Bertz CT molecular complexity index is 1340. The lowest BCUT2D eigenvalue weighted by atomic mass is 9.81. The number of aryl methyl sites for hydroxylation is 1. The number of rotatable bonds is 3. The predicted molar refractivity (Wildman–Crippen MR) is 120 cm³/mol. The zero-order valence-electron chi connectivity index (χ0n) is 18.2. The molecule has 0 saturated carbocycles. The molecule has 33 heavy (non-hydrogen) atoms. The van der Waals surface area contributed by atoms with Crippen LogP contribution in [0.1, 0.15) is 47.2 Å². The number of para-hydroxylation sites is 1. The van der Waals surface area contributed by atoms with Crippen molar-refractivity contribution in [2.75, 3.05) is 0 Å². The molecular weight excluding hydrogens is 419 g/mol. The van der Waals surface area contributed by atoms with E-state index < -0.39 is 0 Å². The lowest BCUT2D eigenvalue weighted by molar-refractivity contribution is 0.0379. The first kappa shape index (κ1) is 19.8. The number of aromatic nitrogens is 5. The summed E-state index contributed by atoms with van der Waals surface area (Å²) in [5.74, 6) is -0.237. The molecule has 4 aromatic rings. The molecule has 0 unspecified atom stereocenters. The van der Waals surface area contributed by atoms with Crippen LogP contribution >= 0.6 is 0 Å². The molecule has 1 amide bonds. The van der Waals surface area contributed by atoms with Gasteiger partial charge in [-0.3, -0.25) is 9.48 Å². The fourth-order valence-electron chi connectivity index (χ4n) is 5.33. The first-order valence-electron chi connectivity index (χ1n) is 11.2. The average Bonchev–Trinajstić information content (AvgIpc) is 3.44. The van der Waals surface area contributed by atoms with Crippen molar-refractivity contribution in [3.05, 3.63) is 83.8 Å². The Morgan fingerprint density at radius 2 is 1.91 bits per heavy atom. The summed E-state index contributed by atoms with van der Waals surface area (Å²) in [7, 11) is 1.89. The molecule has 8 heteroatoms. The van der Waals surface area contributed by atoms with Gasteiger partial charge in [-0.05, 0) is 49.9 Å². The molecule has 0 spiro atoms. The van der Waals surface area contributed by atoms with Crippen molar-refractivity contribution < 1.29 is 9.18 Å². The summed E-state index contributed by atoms with van der Waals surface area (Å²) in [4.78, 5) is 19.8. The number of hydrogen-bond acceptors (Lipinski definition) is 4. The SMILES string of the molecule is Cn1nc2c(c1-c1cccc(F)c1)C[C@H]1CCC[C@@H]2N1C(=O)c1ncn(-c2ccccc2)n1. The molecule has 166 valence electrons. The van der Waals surface area contributed by atoms with Gasteiger partial charge in [-0.2, -0.15) is 5.10 Å². The van der Waals surface area contributed by atoms with Gasteiger partial charge < -0.3 is 4.90 Å². The number of hydrogen-bond donors (Lipinski definition) is 0. The molecule has 0 aliphatic carbocycles. The van der Waals surface area contributed by atoms with Gasteiger partial charge in [0, 0.05) is 24.2 Å². The summed E-state index contributed by atoms with van der Waals surface area (Å²) in [6, 6.07) is 16.2. The summed E-state index contributed by atoms with van der Waals surface area (Å²) in [6.45, 7) is 0. The van der Waals surface area contributed by atoms with Crippen LogP contribution in [0.2, 0.25) is 0 Å². The van der Waals surface area contributed by atoms with Crippen LogP contribution in [-0.2, 0) is 13.5 Å². The monoisotopic (exact) mass is 442 g/mol. The van der Waals surface area contributed by atoms with Gasteiger partial charge in [0.25, 0.3) is 5.91 Å². The molecule has 0 radical (unpaired) electrons. The molecule has 0 N–H and O–H groups in total. The summed E-state index contributed by atoms with van der Waals surface area (Å²) >= 11 is 0. The van der Waals surface area contributed by atoms with E-state index in [-0.39, 0.29) is 29.6 Å². The van der Waals surface area contributed by atoms with Crippen LogP contribution in [0.5, 0.6) is 0 Å². The van der Waals surface area contributed by atoms with Crippen LogP contribution in [0.25, 0.3) is 16.9 Å². The second-order valence-electron chi connectivity index (χ2n) is 8.71.